The highest BCUT2D eigenvalue weighted by atomic mass is 14.7. The molecule has 0 radical (unpaired) electrons. The van der Waals surface area contributed by atoms with E-state index in [1.165, 1.54) is 19.3 Å². The smallest absolute Gasteiger partial charge is 0.00158 e. The van der Waals surface area contributed by atoms with Crippen LogP contribution in [0.5, 0.6) is 0 Å². The Hall–Kier alpha value is -0.520. The molecule has 2 saturated carbocycles. The van der Waals surface area contributed by atoms with Gasteiger partial charge in [-0.05, 0) is 54.1 Å². The fourth-order valence-corrected chi connectivity index (χ4v) is 4.31. The van der Waals surface area contributed by atoms with E-state index in [9.17, 15) is 0 Å². The maximum Gasteiger partial charge on any atom is -0.00158 e. The molecule has 2 fully saturated rings. The van der Waals surface area contributed by atoms with Gasteiger partial charge in [0.2, 0.25) is 0 Å². The van der Waals surface area contributed by atoms with Gasteiger partial charge in [0, 0.05) is 0 Å². The lowest BCUT2D eigenvalue weighted by atomic mass is 9.68. The van der Waals surface area contributed by atoms with Crippen molar-refractivity contribution in [3.05, 3.63) is 22.8 Å². The quantitative estimate of drug-likeness (QED) is 0.537. The largest absolute Gasteiger partial charge is 0.0766 e. The number of rotatable bonds is 0. The summed E-state index contributed by atoms with van der Waals surface area (Å²) in [4.78, 5) is 0. The van der Waals surface area contributed by atoms with Crippen LogP contribution in [0.3, 0.4) is 0 Å². The molecule has 2 bridgehead atoms. The van der Waals surface area contributed by atoms with E-state index in [1.807, 2.05) is 0 Å². The molecule has 0 saturated heterocycles. The van der Waals surface area contributed by atoms with Crippen LogP contribution in [-0.4, -0.2) is 0 Å². The SMILES string of the molecule is CC1=C2C(=CC1)[C@H]1CC[C@]2(C)C1(C)C. The molecule has 0 amide bonds. The second-order valence-electron chi connectivity index (χ2n) is 6.16. The Morgan fingerprint density at radius 1 is 1.29 bits per heavy atom. The van der Waals surface area contributed by atoms with Crippen molar-refractivity contribution in [1.29, 1.82) is 0 Å². The fraction of sp³-hybridized carbons (Fsp3) is 0.714. The van der Waals surface area contributed by atoms with Gasteiger partial charge in [-0.2, -0.15) is 0 Å². The second kappa shape index (κ2) is 2.18. The van der Waals surface area contributed by atoms with Crippen LogP contribution in [0.1, 0.15) is 47.0 Å². The van der Waals surface area contributed by atoms with Gasteiger partial charge in [-0.25, -0.2) is 0 Å². The van der Waals surface area contributed by atoms with Crippen LogP contribution < -0.4 is 0 Å². The van der Waals surface area contributed by atoms with Gasteiger partial charge < -0.3 is 0 Å². The Bertz CT molecular complexity index is 367. The molecule has 0 nitrogen and oxygen atoms in total. The molecular weight excluding hydrogens is 168 g/mol. The van der Waals surface area contributed by atoms with Gasteiger partial charge in [0.1, 0.15) is 0 Å². The summed E-state index contributed by atoms with van der Waals surface area (Å²) in [6.07, 6.45) is 6.56. The molecule has 0 unspecified atom stereocenters. The zero-order chi connectivity index (χ0) is 10.1. The number of fused-ring (bicyclic) bond motifs is 5. The van der Waals surface area contributed by atoms with Crippen LogP contribution in [0.15, 0.2) is 22.8 Å². The normalized spacial score (nSPS) is 43.1. The summed E-state index contributed by atoms with van der Waals surface area (Å²) in [6.45, 7) is 9.78. The Labute approximate surface area is 87.1 Å². The first-order valence-electron chi connectivity index (χ1n) is 5.89. The minimum Gasteiger partial charge on any atom is -0.0766 e. The minimum absolute atomic E-state index is 0.490. The summed E-state index contributed by atoms with van der Waals surface area (Å²) >= 11 is 0. The lowest BCUT2D eigenvalue weighted by Crippen LogP contribution is -2.28. The van der Waals surface area contributed by atoms with E-state index in [4.69, 9.17) is 0 Å². The highest BCUT2D eigenvalue weighted by Gasteiger charge is 2.62. The first kappa shape index (κ1) is 8.76. The molecule has 76 valence electrons. The monoisotopic (exact) mass is 188 g/mol. The van der Waals surface area contributed by atoms with Crippen LogP contribution in [0.25, 0.3) is 0 Å². The second-order valence-corrected chi connectivity index (χ2v) is 6.16. The molecule has 3 aliphatic rings. The van der Waals surface area contributed by atoms with Gasteiger partial charge in [-0.3, -0.25) is 0 Å². The lowest BCUT2D eigenvalue weighted by molar-refractivity contribution is 0.181. The molecule has 3 aliphatic carbocycles. The van der Waals surface area contributed by atoms with Gasteiger partial charge in [0.05, 0.1) is 0 Å². The molecule has 3 rings (SSSR count). The van der Waals surface area contributed by atoms with Crippen molar-refractivity contribution in [3.8, 4) is 0 Å². The van der Waals surface area contributed by atoms with Crippen molar-refractivity contribution >= 4 is 0 Å². The van der Waals surface area contributed by atoms with Crippen LogP contribution in [0.4, 0.5) is 0 Å². The highest BCUT2D eigenvalue weighted by molar-refractivity contribution is 5.55. The van der Waals surface area contributed by atoms with E-state index in [2.05, 4.69) is 33.8 Å². The Balaban J connectivity index is 2.26. The first-order valence-corrected chi connectivity index (χ1v) is 5.89. The summed E-state index contributed by atoms with van der Waals surface area (Å²) in [6, 6.07) is 0. The standard InChI is InChI=1S/C14H20/c1-9-5-6-10-11-7-8-14(4,12(9)10)13(11,2)3/h6,11H,5,7-8H2,1-4H3/t11-,14+/m1/s1. The average molecular weight is 188 g/mol. The highest BCUT2D eigenvalue weighted by Crippen LogP contribution is 2.71. The van der Waals surface area contributed by atoms with E-state index in [1.54, 1.807) is 16.7 Å². The van der Waals surface area contributed by atoms with E-state index in [-0.39, 0.29) is 0 Å². The topological polar surface area (TPSA) is 0 Å². The molecular formula is C14H20. The summed E-state index contributed by atoms with van der Waals surface area (Å²) in [5.41, 5.74) is 6.12. The maximum atomic E-state index is 2.50. The van der Waals surface area contributed by atoms with Crippen molar-refractivity contribution in [2.75, 3.05) is 0 Å². The third kappa shape index (κ3) is 0.667. The van der Waals surface area contributed by atoms with Crippen molar-refractivity contribution in [1.82, 2.24) is 0 Å². The van der Waals surface area contributed by atoms with Crippen molar-refractivity contribution in [2.24, 2.45) is 16.7 Å². The maximum absolute atomic E-state index is 2.50. The van der Waals surface area contributed by atoms with Crippen molar-refractivity contribution < 1.29 is 0 Å². The zero-order valence-corrected chi connectivity index (χ0v) is 9.78. The van der Waals surface area contributed by atoms with Gasteiger partial charge >= 0.3 is 0 Å². The van der Waals surface area contributed by atoms with E-state index in [0.29, 0.717) is 10.8 Å². The third-order valence-electron chi connectivity index (χ3n) is 5.50. The third-order valence-corrected chi connectivity index (χ3v) is 5.50. The molecule has 0 spiro atoms. The van der Waals surface area contributed by atoms with E-state index >= 15 is 0 Å². The summed E-state index contributed by atoms with van der Waals surface area (Å²) in [5.74, 6) is 0.861. The Morgan fingerprint density at radius 2 is 2.00 bits per heavy atom. The molecule has 0 aromatic carbocycles. The lowest BCUT2D eigenvalue weighted by Gasteiger charge is -2.35. The number of hydrogen-bond acceptors (Lipinski definition) is 0. The van der Waals surface area contributed by atoms with Crippen molar-refractivity contribution in [2.45, 2.75) is 47.0 Å². The van der Waals surface area contributed by atoms with Crippen LogP contribution in [-0.2, 0) is 0 Å². The molecule has 0 aromatic heterocycles. The van der Waals surface area contributed by atoms with Crippen LogP contribution >= 0.6 is 0 Å². The fourth-order valence-electron chi connectivity index (χ4n) is 4.31. The summed E-state index contributed by atoms with van der Waals surface area (Å²) in [5, 5.41) is 0. The van der Waals surface area contributed by atoms with Gasteiger partial charge in [-0.15, -0.1) is 0 Å². The minimum atomic E-state index is 0.490. The van der Waals surface area contributed by atoms with Crippen LogP contribution in [0, 0.1) is 16.7 Å². The van der Waals surface area contributed by atoms with E-state index in [0.717, 1.165) is 5.92 Å². The summed E-state index contributed by atoms with van der Waals surface area (Å²) in [7, 11) is 0. The zero-order valence-electron chi connectivity index (χ0n) is 9.78. The molecule has 0 aliphatic heterocycles. The Kier molecular flexibility index (Phi) is 1.36. The molecule has 0 heterocycles. The molecule has 0 aromatic rings. The molecule has 14 heavy (non-hydrogen) atoms. The summed E-state index contributed by atoms with van der Waals surface area (Å²) < 4.78 is 0. The number of hydrogen-bond donors (Lipinski definition) is 0. The molecule has 2 atom stereocenters. The van der Waals surface area contributed by atoms with Gasteiger partial charge in [0.25, 0.3) is 0 Å². The predicted molar refractivity (Wildman–Crippen MR) is 60.0 cm³/mol. The Morgan fingerprint density at radius 3 is 2.64 bits per heavy atom. The predicted octanol–water partition coefficient (Wildman–Crippen LogP) is 4.09. The first-order chi connectivity index (χ1) is 6.48. The van der Waals surface area contributed by atoms with Gasteiger partial charge in [-0.1, -0.05) is 32.4 Å². The van der Waals surface area contributed by atoms with Gasteiger partial charge in [0.15, 0.2) is 0 Å². The molecule has 0 N–H and O–H groups in total. The van der Waals surface area contributed by atoms with E-state index < -0.39 is 0 Å². The van der Waals surface area contributed by atoms with Crippen molar-refractivity contribution in [3.63, 3.8) is 0 Å². The average Bonchev–Trinajstić information content (AvgIpc) is 2.62. The van der Waals surface area contributed by atoms with Crippen LogP contribution in [0.2, 0.25) is 0 Å². The number of allylic oxidation sites excluding steroid dienone is 4. The molecule has 0 heteroatoms.